The number of allylic oxidation sites excluding steroid dienone is 1. The Morgan fingerprint density at radius 1 is 1.14 bits per heavy atom. The monoisotopic (exact) mass is 418 g/mol. The third kappa shape index (κ3) is 4.78. The highest BCUT2D eigenvalue weighted by Crippen LogP contribution is 2.18. The van der Waals surface area contributed by atoms with Gasteiger partial charge in [-0.15, -0.1) is 0 Å². The summed E-state index contributed by atoms with van der Waals surface area (Å²) in [4.78, 5) is 26.1. The number of hydrogen-bond acceptors (Lipinski definition) is 7. The lowest BCUT2D eigenvalue weighted by Crippen LogP contribution is -2.40. The second kappa shape index (κ2) is 8.68. The van der Waals surface area contributed by atoms with E-state index in [-0.39, 0.29) is 10.6 Å². The molecule has 1 aliphatic heterocycles. The average Bonchev–Trinajstić information content (AvgIpc) is 2.73. The van der Waals surface area contributed by atoms with Crippen molar-refractivity contribution in [2.45, 2.75) is 4.90 Å². The molecule has 0 amide bonds. The zero-order chi connectivity index (χ0) is 21.0. The summed E-state index contributed by atoms with van der Waals surface area (Å²) in [5, 5.41) is 4.11. The van der Waals surface area contributed by atoms with Crippen LogP contribution in [0.3, 0.4) is 0 Å². The van der Waals surface area contributed by atoms with Crippen LogP contribution in [0, 0.1) is 0 Å². The number of ether oxygens (including phenoxy) is 1. The lowest BCUT2D eigenvalue weighted by Gasteiger charge is -2.26. The van der Waals surface area contributed by atoms with Crippen LogP contribution in [0.4, 0.5) is 0 Å². The molecule has 0 saturated carbocycles. The van der Waals surface area contributed by atoms with Crippen molar-refractivity contribution in [1.29, 1.82) is 0 Å². The maximum Gasteiger partial charge on any atom is 0.243 e. The number of aromatic nitrogens is 2. The molecule has 0 unspecified atom stereocenters. The fourth-order valence-electron chi connectivity index (χ4n) is 2.72. The zero-order valence-corrected chi connectivity index (χ0v) is 17.0. The van der Waals surface area contributed by atoms with E-state index in [1.807, 2.05) is 0 Å². The Kier molecular flexibility index (Phi) is 6.26. The summed E-state index contributed by atoms with van der Waals surface area (Å²) >= 11 is 0. The minimum absolute atomic E-state index is 0.161. The van der Waals surface area contributed by atoms with E-state index in [4.69, 9.17) is 4.74 Å². The molecule has 0 spiro atoms. The van der Waals surface area contributed by atoms with Crippen molar-refractivity contribution in [3.8, 4) is 5.69 Å². The summed E-state index contributed by atoms with van der Waals surface area (Å²) in [7, 11) is -0.0851. The molecule has 1 fully saturated rings. The van der Waals surface area contributed by atoms with Crippen LogP contribution < -0.4 is 5.43 Å². The highest BCUT2D eigenvalue weighted by atomic mass is 32.2. The summed E-state index contributed by atoms with van der Waals surface area (Å²) in [5.74, 6) is -0.510. The lowest BCUT2D eigenvalue weighted by atomic mass is 10.2. The molecule has 0 atom stereocenters. The predicted molar refractivity (Wildman–Crippen MR) is 107 cm³/mol. The molecule has 29 heavy (non-hydrogen) atoms. The maximum absolute atomic E-state index is 12.7. The molecule has 1 aliphatic rings. The largest absolute Gasteiger partial charge is 0.383 e. The van der Waals surface area contributed by atoms with E-state index in [9.17, 15) is 18.0 Å². The van der Waals surface area contributed by atoms with Gasteiger partial charge in [-0.2, -0.15) is 9.40 Å². The third-order valence-corrected chi connectivity index (χ3v) is 6.19. The number of benzene rings is 1. The van der Waals surface area contributed by atoms with E-state index < -0.39 is 21.2 Å². The van der Waals surface area contributed by atoms with Crippen LogP contribution in [-0.2, 0) is 14.8 Å². The van der Waals surface area contributed by atoms with Gasteiger partial charge in [0.1, 0.15) is 0 Å². The van der Waals surface area contributed by atoms with Crippen LogP contribution in [0.5, 0.6) is 0 Å². The first-order valence-corrected chi connectivity index (χ1v) is 10.4. The number of morpholine rings is 1. The molecule has 2 aromatic rings. The second-order valence-electron chi connectivity index (χ2n) is 6.63. The van der Waals surface area contributed by atoms with Crippen molar-refractivity contribution < 1.29 is 17.9 Å². The fraction of sp³-hybridized carbons (Fsp3) is 0.316. The van der Waals surface area contributed by atoms with Gasteiger partial charge in [0, 0.05) is 51.7 Å². The van der Waals surface area contributed by atoms with Gasteiger partial charge in [0.05, 0.1) is 23.8 Å². The van der Waals surface area contributed by atoms with Crippen molar-refractivity contribution in [3.05, 3.63) is 64.7 Å². The van der Waals surface area contributed by atoms with Crippen LogP contribution in [0.1, 0.15) is 10.5 Å². The molecular weight excluding hydrogens is 396 g/mol. The van der Waals surface area contributed by atoms with Crippen molar-refractivity contribution in [3.63, 3.8) is 0 Å². The zero-order valence-electron chi connectivity index (χ0n) is 16.2. The second-order valence-corrected chi connectivity index (χ2v) is 8.57. The quantitative estimate of drug-likeness (QED) is 0.498. The lowest BCUT2D eigenvalue weighted by molar-refractivity contribution is 0.0730. The molecule has 9 nitrogen and oxygen atoms in total. The number of nitrogens with zero attached hydrogens (tertiary/aromatic N) is 4. The Hall–Kier alpha value is -2.82. The van der Waals surface area contributed by atoms with Gasteiger partial charge in [0.2, 0.25) is 21.2 Å². The van der Waals surface area contributed by atoms with Gasteiger partial charge < -0.3 is 9.64 Å². The van der Waals surface area contributed by atoms with E-state index in [1.54, 1.807) is 31.1 Å². The van der Waals surface area contributed by atoms with Crippen LogP contribution in [0.15, 0.2) is 58.5 Å². The molecule has 1 aromatic heterocycles. The Bertz CT molecular complexity index is 1070. The smallest absolute Gasteiger partial charge is 0.243 e. The topological polar surface area (TPSA) is 102 Å². The average molecular weight is 418 g/mol. The molecule has 0 radical (unpaired) electrons. The van der Waals surface area contributed by atoms with Crippen molar-refractivity contribution in [2.75, 3.05) is 40.4 Å². The van der Waals surface area contributed by atoms with Gasteiger partial charge in [-0.25, -0.2) is 13.1 Å². The van der Waals surface area contributed by atoms with Gasteiger partial charge in [-0.1, -0.05) is 0 Å². The van der Waals surface area contributed by atoms with Crippen molar-refractivity contribution in [2.24, 2.45) is 0 Å². The van der Waals surface area contributed by atoms with Crippen molar-refractivity contribution >= 4 is 15.8 Å². The minimum Gasteiger partial charge on any atom is -0.383 e. The molecule has 1 saturated heterocycles. The maximum atomic E-state index is 12.7. The molecule has 0 bridgehead atoms. The predicted octanol–water partition coefficient (Wildman–Crippen LogP) is 0.511. The van der Waals surface area contributed by atoms with Crippen molar-refractivity contribution in [1.82, 2.24) is 19.0 Å². The number of rotatable bonds is 6. The molecule has 3 rings (SSSR count). The molecule has 2 heterocycles. The number of carbonyl (C=O) groups is 1. The molecular formula is C19H22N4O5S. The van der Waals surface area contributed by atoms with E-state index in [1.165, 1.54) is 45.7 Å². The molecule has 10 heteroatoms. The molecule has 154 valence electrons. The van der Waals surface area contributed by atoms with E-state index in [0.717, 1.165) is 0 Å². The number of ketones is 1. The number of sulfonamides is 1. The summed E-state index contributed by atoms with van der Waals surface area (Å²) in [6.07, 6.45) is 4.23. The normalized spacial score (nSPS) is 15.5. The summed E-state index contributed by atoms with van der Waals surface area (Å²) < 4.78 is 33.4. The first kappa shape index (κ1) is 20.9. The Labute approximate surface area is 168 Å². The summed E-state index contributed by atoms with van der Waals surface area (Å²) in [6, 6.07) is 7.37. The standard InChI is InChI=1S/C19H22N4O5S/c1-21(2)9-7-17(24)19-18(25)8-10-23(20-19)15-3-5-16(6-4-15)29(26,27)22-11-13-28-14-12-22/h3-10H,11-14H2,1-2H3/b9-7+. The third-order valence-electron chi connectivity index (χ3n) is 4.27. The van der Waals surface area contributed by atoms with Gasteiger partial charge in [0.25, 0.3) is 0 Å². The Morgan fingerprint density at radius 3 is 2.41 bits per heavy atom. The van der Waals surface area contributed by atoms with Crippen LogP contribution >= 0.6 is 0 Å². The highest BCUT2D eigenvalue weighted by molar-refractivity contribution is 7.89. The first-order chi connectivity index (χ1) is 13.8. The number of hydrogen-bond donors (Lipinski definition) is 0. The van der Waals surface area contributed by atoms with Gasteiger partial charge in [-0.3, -0.25) is 9.59 Å². The fourth-order valence-corrected chi connectivity index (χ4v) is 4.13. The summed E-state index contributed by atoms with van der Waals surface area (Å²) in [6.45, 7) is 1.38. The molecule has 0 aliphatic carbocycles. The molecule has 1 aromatic carbocycles. The van der Waals surface area contributed by atoms with Gasteiger partial charge in [0.15, 0.2) is 5.69 Å². The Morgan fingerprint density at radius 2 is 1.79 bits per heavy atom. The van der Waals surface area contributed by atoms with Gasteiger partial charge >= 0.3 is 0 Å². The first-order valence-electron chi connectivity index (χ1n) is 8.96. The highest BCUT2D eigenvalue weighted by Gasteiger charge is 2.26. The van der Waals surface area contributed by atoms with E-state index in [0.29, 0.717) is 32.0 Å². The minimum atomic E-state index is -3.60. The number of carbonyl (C=O) groups excluding carboxylic acids is 1. The van der Waals surface area contributed by atoms with Crippen LogP contribution in [0.2, 0.25) is 0 Å². The summed E-state index contributed by atoms with van der Waals surface area (Å²) in [5.41, 5.74) is -0.173. The van der Waals surface area contributed by atoms with Gasteiger partial charge in [-0.05, 0) is 24.3 Å². The SMILES string of the molecule is CN(C)/C=C/C(=O)c1nn(-c2ccc(S(=O)(=O)N3CCOCC3)cc2)ccc1=O. The van der Waals surface area contributed by atoms with E-state index >= 15 is 0 Å². The Balaban J connectivity index is 1.87. The van der Waals surface area contributed by atoms with Crippen LogP contribution in [0.25, 0.3) is 5.69 Å². The van der Waals surface area contributed by atoms with Crippen LogP contribution in [-0.4, -0.2) is 73.6 Å². The van der Waals surface area contributed by atoms with E-state index in [2.05, 4.69) is 5.10 Å². The molecule has 0 N–H and O–H groups in total.